The molecule has 0 unspecified atom stereocenters. The number of nitrogens with zero attached hydrogens (tertiary/aromatic N) is 1. The van der Waals surface area contributed by atoms with Crippen molar-refractivity contribution in [2.45, 2.75) is 45.2 Å². The number of rotatable bonds is 2. The molecule has 0 radical (unpaired) electrons. The van der Waals surface area contributed by atoms with Gasteiger partial charge in [0.1, 0.15) is 10.8 Å². The minimum Gasteiger partial charge on any atom is -0.507 e. The molecule has 0 amide bonds. The predicted octanol–water partition coefficient (Wildman–Crippen LogP) is 5.27. The van der Waals surface area contributed by atoms with E-state index in [1.165, 1.54) is 0 Å². The largest absolute Gasteiger partial charge is 0.507 e. The van der Waals surface area contributed by atoms with Gasteiger partial charge in [0.15, 0.2) is 6.29 Å². The highest BCUT2D eigenvalue weighted by atomic mass is 32.1. The Bertz CT molecular complexity index is 896. The molecule has 1 aliphatic rings. The number of phenols is 1. The molecule has 0 saturated carbocycles. The van der Waals surface area contributed by atoms with E-state index in [1.54, 1.807) is 17.4 Å². The van der Waals surface area contributed by atoms with Crippen LogP contribution in [0.3, 0.4) is 0 Å². The number of fused-ring (bicyclic) bond motifs is 1. The fourth-order valence-corrected chi connectivity index (χ4v) is 3.83. The van der Waals surface area contributed by atoms with Gasteiger partial charge in [-0.05, 0) is 52.0 Å². The first kappa shape index (κ1) is 16.5. The van der Waals surface area contributed by atoms with Crippen LogP contribution in [0.15, 0.2) is 42.5 Å². The van der Waals surface area contributed by atoms with Gasteiger partial charge >= 0.3 is 0 Å². The van der Waals surface area contributed by atoms with Crippen molar-refractivity contribution in [2.75, 3.05) is 0 Å². The summed E-state index contributed by atoms with van der Waals surface area (Å²) in [5.41, 5.74) is 1.72. The first-order valence-corrected chi connectivity index (χ1v) is 9.13. The number of aromatic hydroxyl groups is 1. The number of benzene rings is 2. The Labute approximate surface area is 151 Å². The van der Waals surface area contributed by atoms with Crippen molar-refractivity contribution in [3.63, 3.8) is 0 Å². The Balaban J connectivity index is 1.75. The monoisotopic (exact) mass is 355 g/mol. The number of phenolic OH excluding ortho intramolecular Hbond substituents is 1. The Hall–Kier alpha value is -1.95. The highest BCUT2D eigenvalue weighted by Crippen LogP contribution is 2.46. The molecule has 3 aromatic rings. The summed E-state index contributed by atoms with van der Waals surface area (Å²) in [4.78, 5) is 4.65. The third-order valence-corrected chi connectivity index (χ3v) is 6.14. The summed E-state index contributed by atoms with van der Waals surface area (Å²) in [6.45, 7) is 8.12. The molecule has 1 aliphatic heterocycles. The number of hydrogen-bond donors (Lipinski definition) is 1. The molecule has 4 rings (SSSR count). The van der Waals surface area contributed by atoms with Crippen molar-refractivity contribution in [2.24, 2.45) is 0 Å². The lowest BCUT2D eigenvalue weighted by molar-refractivity contribution is -0.0895. The number of thiazole rings is 1. The molecule has 4 nitrogen and oxygen atoms in total. The zero-order chi connectivity index (χ0) is 17.8. The van der Waals surface area contributed by atoms with Crippen molar-refractivity contribution in [3.8, 4) is 16.3 Å². The molecule has 1 fully saturated rings. The minimum absolute atomic E-state index is 0.208. The summed E-state index contributed by atoms with van der Waals surface area (Å²) in [5.74, 6) is 0.208. The van der Waals surface area contributed by atoms with Crippen molar-refractivity contribution in [3.05, 3.63) is 48.0 Å². The maximum absolute atomic E-state index is 10.3. The third-order valence-electron chi connectivity index (χ3n) is 5.07. The maximum Gasteiger partial charge on any atom is 0.185 e. The second-order valence-corrected chi connectivity index (χ2v) is 8.38. The zero-order valence-corrected chi connectivity index (χ0v) is 15.6. The van der Waals surface area contributed by atoms with Gasteiger partial charge in [0.2, 0.25) is 0 Å². The number of ether oxygens (including phenoxy) is 2. The van der Waals surface area contributed by atoms with Crippen LogP contribution in [0.2, 0.25) is 0 Å². The molecule has 5 heteroatoms. The van der Waals surface area contributed by atoms with Crippen LogP contribution < -0.4 is 0 Å². The standard InChI is InChI=1S/C20H21NO3S/c1-19(2)20(3,4)24-18(23-19)12-9-10-15(22)13(11-12)17-21-14-7-5-6-8-16(14)25-17/h5-11,18,22H,1-4H3. The van der Waals surface area contributed by atoms with Gasteiger partial charge in [0.05, 0.1) is 27.0 Å². The van der Waals surface area contributed by atoms with E-state index < -0.39 is 17.5 Å². The van der Waals surface area contributed by atoms with E-state index in [1.807, 2.05) is 64.1 Å². The fourth-order valence-electron chi connectivity index (χ4n) is 2.84. The smallest absolute Gasteiger partial charge is 0.185 e. The lowest BCUT2D eigenvalue weighted by atomic mass is 9.90. The molecule has 130 valence electrons. The summed E-state index contributed by atoms with van der Waals surface area (Å²) in [6, 6.07) is 13.4. The predicted molar refractivity (Wildman–Crippen MR) is 99.8 cm³/mol. The molecule has 2 heterocycles. The first-order chi connectivity index (χ1) is 11.8. The minimum atomic E-state index is -0.460. The first-order valence-electron chi connectivity index (χ1n) is 8.31. The molecular formula is C20H21NO3S. The van der Waals surface area contributed by atoms with E-state index in [4.69, 9.17) is 9.47 Å². The van der Waals surface area contributed by atoms with E-state index in [-0.39, 0.29) is 5.75 Å². The highest BCUT2D eigenvalue weighted by molar-refractivity contribution is 7.21. The van der Waals surface area contributed by atoms with E-state index in [2.05, 4.69) is 4.98 Å². The number of hydrogen-bond acceptors (Lipinski definition) is 5. The van der Waals surface area contributed by atoms with Crippen LogP contribution in [-0.2, 0) is 9.47 Å². The number of aromatic nitrogens is 1. The molecule has 0 bridgehead atoms. The van der Waals surface area contributed by atoms with Crippen molar-refractivity contribution in [1.29, 1.82) is 0 Å². The maximum atomic E-state index is 10.3. The van der Waals surface area contributed by atoms with Crippen LogP contribution in [0, 0.1) is 0 Å². The molecule has 0 atom stereocenters. The van der Waals surface area contributed by atoms with Crippen LogP contribution in [0.1, 0.15) is 39.5 Å². The van der Waals surface area contributed by atoms with Gasteiger partial charge in [-0.2, -0.15) is 0 Å². The second-order valence-electron chi connectivity index (χ2n) is 7.35. The summed E-state index contributed by atoms with van der Waals surface area (Å²) < 4.78 is 13.3. The van der Waals surface area contributed by atoms with Crippen molar-refractivity contribution >= 4 is 21.6 Å². The molecule has 0 spiro atoms. The van der Waals surface area contributed by atoms with Gasteiger partial charge in [0.25, 0.3) is 0 Å². The fraction of sp³-hybridized carbons (Fsp3) is 0.350. The average Bonchev–Trinajstić information content (AvgIpc) is 3.06. The summed E-state index contributed by atoms with van der Waals surface area (Å²) in [5, 5.41) is 11.1. The van der Waals surface area contributed by atoms with E-state index in [0.717, 1.165) is 20.8 Å². The van der Waals surface area contributed by atoms with Gasteiger partial charge in [0, 0.05) is 5.56 Å². The molecule has 1 N–H and O–H groups in total. The zero-order valence-electron chi connectivity index (χ0n) is 14.7. The molecule has 1 saturated heterocycles. The molecule has 1 aromatic heterocycles. The van der Waals surface area contributed by atoms with Gasteiger partial charge in [-0.25, -0.2) is 4.98 Å². The highest BCUT2D eigenvalue weighted by Gasteiger charge is 2.49. The lowest BCUT2D eigenvalue weighted by Gasteiger charge is -2.30. The Kier molecular flexibility index (Phi) is 3.65. The van der Waals surface area contributed by atoms with Crippen LogP contribution in [0.5, 0.6) is 5.75 Å². The summed E-state index contributed by atoms with van der Waals surface area (Å²) in [6.07, 6.45) is -0.460. The Morgan fingerprint density at radius 2 is 1.68 bits per heavy atom. The van der Waals surface area contributed by atoms with Crippen molar-refractivity contribution < 1.29 is 14.6 Å². The molecule has 0 aliphatic carbocycles. The third kappa shape index (κ3) is 2.72. The van der Waals surface area contributed by atoms with Gasteiger partial charge < -0.3 is 14.6 Å². The van der Waals surface area contributed by atoms with Gasteiger partial charge in [-0.1, -0.05) is 18.2 Å². The average molecular weight is 355 g/mol. The van der Waals surface area contributed by atoms with E-state index in [9.17, 15) is 5.11 Å². The summed E-state index contributed by atoms with van der Waals surface area (Å²) >= 11 is 1.56. The molecule has 2 aromatic carbocycles. The second kappa shape index (κ2) is 5.53. The number of para-hydroxylation sites is 1. The SMILES string of the molecule is CC1(C)OC(c2ccc(O)c(-c3nc4ccccc4s3)c2)OC1(C)C. The van der Waals surface area contributed by atoms with Crippen LogP contribution in [0.4, 0.5) is 0 Å². The molecular weight excluding hydrogens is 334 g/mol. The quantitative estimate of drug-likeness (QED) is 0.680. The van der Waals surface area contributed by atoms with Gasteiger partial charge in [-0.3, -0.25) is 0 Å². The normalized spacial score (nSPS) is 19.5. The summed E-state index contributed by atoms with van der Waals surface area (Å²) in [7, 11) is 0. The lowest BCUT2D eigenvalue weighted by Crippen LogP contribution is -2.41. The van der Waals surface area contributed by atoms with Crippen molar-refractivity contribution in [1.82, 2.24) is 4.98 Å². The Morgan fingerprint density at radius 1 is 1.00 bits per heavy atom. The van der Waals surface area contributed by atoms with E-state index >= 15 is 0 Å². The van der Waals surface area contributed by atoms with Crippen LogP contribution in [0.25, 0.3) is 20.8 Å². The Morgan fingerprint density at radius 3 is 2.36 bits per heavy atom. The van der Waals surface area contributed by atoms with Gasteiger partial charge in [-0.15, -0.1) is 11.3 Å². The molecule has 25 heavy (non-hydrogen) atoms. The van der Waals surface area contributed by atoms with Crippen LogP contribution in [-0.4, -0.2) is 21.3 Å². The van der Waals surface area contributed by atoms with Crippen LogP contribution >= 0.6 is 11.3 Å². The topological polar surface area (TPSA) is 51.6 Å². The van der Waals surface area contributed by atoms with E-state index in [0.29, 0.717) is 5.56 Å².